The highest BCUT2D eigenvalue weighted by Crippen LogP contribution is 2.24. The Bertz CT molecular complexity index is 1490. The summed E-state index contributed by atoms with van der Waals surface area (Å²) in [5.41, 5.74) is 5.85. The van der Waals surface area contributed by atoms with E-state index in [1.165, 1.54) is 21.6 Å². The first-order valence-electron chi connectivity index (χ1n) is 22.2. The van der Waals surface area contributed by atoms with Crippen LogP contribution < -0.4 is 32.3 Å². The van der Waals surface area contributed by atoms with Crippen molar-refractivity contribution in [1.29, 1.82) is 0 Å². The van der Waals surface area contributed by atoms with Gasteiger partial charge in [-0.25, -0.2) is 0 Å². The van der Waals surface area contributed by atoms with E-state index in [0.717, 1.165) is 0 Å². The van der Waals surface area contributed by atoms with E-state index in [1.54, 1.807) is 14.1 Å². The van der Waals surface area contributed by atoms with Gasteiger partial charge in [-0.05, 0) is 81.6 Å². The van der Waals surface area contributed by atoms with Crippen LogP contribution in [0.4, 0.5) is 0 Å². The first kappa shape index (κ1) is 51.9. The van der Waals surface area contributed by atoms with Gasteiger partial charge in [-0.1, -0.05) is 68.2 Å². The van der Waals surface area contributed by atoms with Gasteiger partial charge in [-0.2, -0.15) is 0 Å². The summed E-state index contributed by atoms with van der Waals surface area (Å²) in [4.78, 5) is 113. The number of hydrogen-bond donors (Lipinski definition) is 6. The summed E-state index contributed by atoms with van der Waals surface area (Å²) in [5.74, 6) is -3.90. The van der Waals surface area contributed by atoms with Gasteiger partial charge in [0, 0.05) is 34.1 Å². The molecule has 2 saturated heterocycles. The number of rotatable bonds is 23. The Balaban J connectivity index is 2.31. The van der Waals surface area contributed by atoms with Gasteiger partial charge in [0.05, 0.1) is 0 Å². The fourth-order valence-corrected chi connectivity index (χ4v) is 7.94. The zero-order valence-electron chi connectivity index (χ0n) is 38.2. The average molecular weight is 848 g/mol. The minimum Gasteiger partial charge on any atom is -0.347 e. The van der Waals surface area contributed by atoms with Gasteiger partial charge < -0.3 is 47.0 Å². The number of likely N-dealkylation sites (tertiary alicyclic amines) is 2. The molecule has 8 amide bonds. The smallest absolute Gasteiger partial charge is 0.246 e. The number of nitrogens with zero attached hydrogens (tertiary/aromatic N) is 3. The molecule has 2 heterocycles. The van der Waals surface area contributed by atoms with Crippen molar-refractivity contribution >= 4 is 47.3 Å². The van der Waals surface area contributed by atoms with Gasteiger partial charge in [-0.3, -0.25) is 38.4 Å². The van der Waals surface area contributed by atoms with Crippen LogP contribution in [0, 0.1) is 23.7 Å². The first-order valence-corrected chi connectivity index (χ1v) is 22.2. The third-order valence-electron chi connectivity index (χ3n) is 11.7. The molecule has 7 N–H and O–H groups in total. The summed E-state index contributed by atoms with van der Waals surface area (Å²) in [6.45, 7) is 17.5. The second kappa shape index (κ2) is 24.8. The van der Waals surface area contributed by atoms with Crippen LogP contribution in [0.2, 0.25) is 0 Å². The molecule has 0 aromatic rings. The SMILES string of the molecule is CC[C@H](C)[C@H](NC(=O)[C@@H]1CCCN1C(=O)[C@H](CC(C)C)NC(C)=O)C(=O)N[C@@H](CCCN)C(=O)N[C@H](C(=O)N1CCC[C@H]1C(=O)N[C@@H](CC(C)C)C(=O)N(C)C)[C@@H](C)CC. The van der Waals surface area contributed by atoms with Crippen LogP contribution in [-0.4, -0.2) is 138 Å². The molecule has 17 heteroatoms. The van der Waals surface area contributed by atoms with Crippen LogP contribution in [0.3, 0.4) is 0 Å². The van der Waals surface area contributed by atoms with Crippen molar-refractivity contribution in [2.24, 2.45) is 29.4 Å². The zero-order valence-corrected chi connectivity index (χ0v) is 38.2. The molecule has 2 rings (SSSR count). The molecule has 0 unspecified atom stereocenters. The van der Waals surface area contributed by atoms with E-state index in [1.807, 2.05) is 55.4 Å². The molecule has 60 heavy (non-hydrogen) atoms. The second-order valence-corrected chi connectivity index (χ2v) is 17.9. The Kier molecular flexibility index (Phi) is 21.5. The van der Waals surface area contributed by atoms with Crippen molar-refractivity contribution in [1.82, 2.24) is 41.3 Å². The summed E-state index contributed by atoms with van der Waals surface area (Å²) >= 11 is 0. The highest BCUT2D eigenvalue weighted by molar-refractivity contribution is 5.98. The van der Waals surface area contributed by atoms with Gasteiger partial charge in [-0.15, -0.1) is 0 Å². The predicted octanol–water partition coefficient (Wildman–Crippen LogP) is 1.42. The predicted molar refractivity (Wildman–Crippen MR) is 230 cm³/mol. The standard InChI is InChI=1S/C43H77N9O8/c1-12-27(7)35(48-39(56)34-19-15-21-51(34)42(59)32(24-26(5)6)45-29(9)53)40(57)46-30(17-14-20-44)37(54)49-36(28(8)13-2)43(60)52-22-16-18-33(52)38(55)47-31(23-25(3)4)41(58)50(10)11/h25-28,30-36H,12-24,44H2,1-11H3,(H,45,53)(H,46,57)(H,47,55)(H,48,56)(H,49,54)/t27-,28-,30-,31-,32-,33-,34-,35-,36-/m0/s1. The van der Waals surface area contributed by atoms with E-state index in [-0.39, 0.29) is 54.4 Å². The number of hydrogen-bond acceptors (Lipinski definition) is 9. The molecule has 0 saturated carbocycles. The average Bonchev–Trinajstić information content (AvgIpc) is 3.89. The Hall–Kier alpha value is -4.28. The van der Waals surface area contributed by atoms with Crippen LogP contribution >= 0.6 is 0 Å². The molecule has 0 radical (unpaired) electrons. The molecule has 2 aliphatic heterocycles. The van der Waals surface area contributed by atoms with Crippen LogP contribution in [0.5, 0.6) is 0 Å². The first-order chi connectivity index (χ1) is 28.2. The number of amides is 8. The molecule has 0 aliphatic carbocycles. The fraction of sp³-hybridized carbons (Fsp3) is 0.814. The lowest BCUT2D eigenvalue weighted by atomic mass is 9.95. The highest BCUT2D eigenvalue weighted by Gasteiger charge is 2.42. The number of nitrogens with two attached hydrogens (primary N) is 1. The van der Waals surface area contributed by atoms with Crippen molar-refractivity contribution in [3.8, 4) is 0 Å². The Morgan fingerprint density at radius 2 is 1.13 bits per heavy atom. The molecule has 0 aromatic heterocycles. The second-order valence-electron chi connectivity index (χ2n) is 17.9. The third-order valence-corrected chi connectivity index (χ3v) is 11.7. The van der Waals surface area contributed by atoms with Crippen molar-refractivity contribution in [3.63, 3.8) is 0 Å². The van der Waals surface area contributed by atoms with Crippen molar-refractivity contribution < 1.29 is 38.4 Å². The van der Waals surface area contributed by atoms with Crippen LogP contribution in [0.15, 0.2) is 0 Å². The number of nitrogens with one attached hydrogen (secondary N) is 5. The van der Waals surface area contributed by atoms with Gasteiger partial charge >= 0.3 is 0 Å². The molecular formula is C43H77N9O8. The molecule has 2 fully saturated rings. The van der Waals surface area contributed by atoms with Crippen molar-refractivity contribution in [2.75, 3.05) is 33.7 Å². The topological polar surface area (TPSA) is 232 Å². The number of likely N-dealkylation sites (N-methyl/N-ethyl adjacent to an activating group) is 1. The Morgan fingerprint density at radius 3 is 1.62 bits per heavy atom. The minimum atomic E-state index is -1.10. The molecule has 0 spiro atoms. The molecule has 342 valence electrons. The summed E-state index contributed by atoms with van der Waals surface area (Å²) in [5, 5.41) is 14.2. The van der Waals surface area contributed by atoms with Crippen LogP contribution in [0.25, 0.3) is 0 Å². The quantitative estimate of drug-likeness (QED) is 0.0872. The highest BCUT2D eigenvalue weighted by atomic mass is 16.2. The maximum atomic E-state index is 14.3. The molecule has 9 atom stereocenters. The fourth-order valence-electron chi connectivity index (χ4n) is 7.94. The Labute approximate surface area is 358 Å². The normalized spacial score (nSPS) is 20.0. The molecule has 2 aliphatic rings. The van der Waals surface area contributed by atoms with E-state index < -0.39 is 71.8 Å². The molecule has 17 nitrogen and oxygen atoms in total. The van der Waals surface area contributed by atoms with Gasteiger partial charge in [0.2, 0.25) is 47.3 Å². The van der Waals surface area contributed by atoms with E-state index in [2.05, 4.69) is 26.6 Å². The lowest BCUT2D eigenvalue weighted by molar-refractivity contribution is -0.144. The Morgan fingerprint density at radius 1 is 0.633 bits per heavy atom. The summed E-state index contributed by atoms with van der Waals surface area (Å²) in [6, 6.07) is -6.37. The molecule has 0 bridgehead atoms. The van der Waals surface area contributed by atoms with Crippen molar-refractivity contribution in [2.45, 2.75) is 169 Å². The molecular weight excluding hydrogens is 771 g/mol. The van der Waals surface area contributed by atoms with Gasteiger partial charge in [0.1, 0.15) is 42.3 Å². The number of carbonyl (C=O) groups excluding carboxylic acids is 8. The molecule has 0 aromatic carbocycles. The summed E-state index contributed by atoms with van der Waals surface area (Å²) < 4.78 is 0. The van der Waals surface area contributed by atoms with E-state index in [0.29, 0.717) is 70.9 Å². The lowest BCUT2D eigenvalue weighted by Crippen LogP contribution is -2.61. The number of carbonyl (C=O) groups is 8. The van der Waals surface area contributed by atoms with Crippen molar-refractivity contribution in [3.05, 3.63) is 0 Å². The maximum Gasteiger partial charge on any atom is 0.246 e. The zero-order chi connectivity index (χ0) is 45.4. The van der Waals surface area contributed by atoms with Gasteiger partial charge in [0.15, 0.2) is 0 Å². The van der Waals surface area contributed by atoms with Gasteiger partial charge in [0.25, 0.3) is 0 Å². The largest absolute Gasteiger partial charge is 0.347 e. The van der Waals surface area contributed by atoms with E-state index in [4.69, 9.17) is 5.73 Å². The van der Waals surface area contributed by atoms with E-state index in [9.17, 15) is 38.4 Å². The van der Waals surface area contributed by atoms with Crippen LogP contribution in [-0.2, 0) is 38.4 Å². The maximum absolute atomic E-state index is 14.3. The van der Waals surface area contributed by atoms with Crippen LogP contribution in [0.1, 0.15) is 127 Å². The summed E-state index contributed by atoms with van der Waals surface area (Å²) in [6.07, 6.45) is 4.36. The monoisotopic (exact) mass is 848 g/mol. The lowest BCUT2D eigenvalue weighted by Gasteiger charge is -2.34. The van der Waals surface area contributed by atoms with E-state index >= 15 is 0 Å². The minimum absolute atomic E-state index is 0.111. The third kappa shape index (κ3) is 15.0. The summed E-state index contributed by atoms with van der Waals surface area (Å²) in [7, 11) is 3.26.